The van der Waals surface area contributed by atoms with Gasteiger partial charge < -0.3 is 14.8 Å². The molecule has 0 aliphatic rings. The minimum Gasteiger partial charge on any atom is -0.497 e. The molecule has 1 N–H and O–H groups in total. The summed E-state index contributed by atoms with van der Waals surface area (Å²) in [5.41, 5.74) is 1.86. The maximum atomic E-state index is 12.4. The lowest BCUT2D eigenvalue weighted by molar-refractivity contribution is -0.115. The fraction of sp³-hybridized carbons (Fsp3) is 0.278. The Morgan fingerprint density at radius 1 is 1.04 bits per heavy atom. The summed E-state index contributed by atoms with van der Waals surface area (Å²) < 4.78 is 10.4. The summed E-state index contributed by atoms with van der Waals surface area (Å²) in [7, 11) is 3.16. The summed E-state index contributed by atoms with van der Waals surface area (Å²) in [5, 5.41) is 2.69. The molecule has 0 heterocycles. The van der Waals surface area contributed by atoms with Crippen molar-refractivity contribution in [2.45, 2.75) is 24.0 Å². The van der Waals surface area contributed by atoms with Gasteiger partial charge in [-0.2, -0.15) is 0 Å². The van der Waals surface area contributed by atoms with Crippen molar-refractivity contribution in [2.75, 3.05) is 19.5 Å². The predicted molar refractivity (Wildman–Crippen MR) is 94.7 cm³/mol. The Labute approximate surface area is 141 Å². The monoisotopic (exact) mass is 331 g/mol. The largest absolute Gasteiger partial charge is 0.497 e. The van der Waals surface area contributed by atoms with Gasteiger partial charge in [-0.3, -0.25) is 4.79 Å². The highest BCUT2D eigenvalue weighted by atomic mass is 32.2. The predicted octanol–water partition coefficient (Wildman–Crippen LogP) is 4.13. The molecule has 4 nitrogen and oxygen atoms in total. The minimum atomic E-state index is -0.213. The Morgan fingerprint density at radius 3 is 2.13 bits per heavy atom. The zero-order valence-electron chi connectivity index (χ0n) is 13.8. The number of nitrogens with one attached hydrogen (secondary N) is 1. The molecule has 0 fully saturated rings. The maximum absolute atomic E-state index is 12.4. The van der Waals surface area contributed by atoms with Crippen LogP contribution in [0.3, 0.4) is 0 Å². The number of carbonyl (C=O) groups is 1. The van der Waals surface area contributed by atoms with E-state index in [1.807, 2.05) is 38.1 Å². The summed E-state index contributed by atoms with van der Waals surface area (Å²) in [5.74, 6) is 1.21. The highest BCUT2D eigenvalue weighted by Crippen LogP contribution is 2.28. The van der Waals surface area contributed by atoms with E-state index in [0.29, 0.717) is 17.2 Å². The minimum absolute atomic E-state index is 0.0640. The molecule has 0 spiro atoms. The zero-order chi connectivity index (χ0) is 16.8. The standard InChI is InChI=1S/C18H21NO3S/c1-12-5-7-17(8-6-12)23-13(2)18(20)19-14-9-15(21-3)11-16(10-14)22-4/h5-11,13H,1-4H3,(H,19,20)/t13-/m0/s1. The first-order valence-corrected chi connectivity index (χ1v) is 8.17. The topological polar surface area (TPSA) is 47.6 Å². The summed E-state index contributed by atoms with van der Waals surface area (Å²) in [6.45, 7) is 3.93. The van der Waals surface area contributed by atoms with Crippen molar-refractivity contribution < 1.29 is 14.3 Å². The van der Waals surface area contributed by atoms with E-state index < -0.39 is 0 Å². The van der Waals surface area contributed by atoms with Gasteiger partial charge in [-0.15, -0.1) is 11.8 Å². The molecule has 0 saturated carbocycles. The van der Waals surface area contributed by atoms with Gasteiger partial charge in [-0.05, 0) is 26.0 Å². The van der Waals surface area contributed by atoms with E-state index in [9.17, 15) is 4.79 Å². The first-order chi connectivity index (χ1) is 11.0. The lowest BCUT2D eigenvalue weighted by Crippen LogP contribution is -2.22. The smallest absolute Gasteiger partial charge is 0.237 e. The average Bonchev–Trinajstić information content (AvgIpc) is 2.56. The van der Waals surface area contributed by atoms with Crippen molar-refractivity contribution in [1.82, 2.24) is 0 Å². The number of aryl methyl sites for hydroxylation is 1. The Kier molecular flexibility index (Phi) is 5.93. The second-order valence-electron chi connectivity index (χ2n) is 5.16. The third-order valence-corrected chi connectivity index (χ3v) is 4.43. The molecular formula is C18H21NO3S. The Bertz CT molecular complexity index is 648. The number of methoxy groups -OCH3 is 2. The van der Waals surface area contributed by atoms with E-state index in [1.54, 1.807) is 32.4 Å². The molecule has 2 rings (SSSR count). The van der Waals surface area contributed by atoms with Gasteiger partial charge in [0.05, 0.1) is 19.5 Å². The summed E-state index contributed by atoms with van der Waals surface area (Å²) in [6.07, 6.45) is 0. The number of benzene rings is 2. The van der Waals surface area contributed by atoms with E-state index >= 15 is 0 Å². The lowest BCUT2D eigenvalue weighted by Gasteiger charge is -2.14. The van der Waals surface area contributed by atoms with E-state index in [0.717, 1.165) is 4.90 Å². The van der Waals surface area contributed by atoms with Crippen molar-refractivity contribution in [2.24, 2.45) is 0 Å². The number of amides is 1. The van der Waals surface area contributed by atoms with E-state index in [-0.39, 0.29) is 11.2 Å². The fourth-order valence-electron chi connectivity index (χ4n) is 2.00. The van der Waals surface area contributed by atoms with Crippen LogP contribution in [0.4, 0.5) is 5.69 Å². The molecule has 5 heteroatoms. The van der Waals surface area contributed by atoms with Crippen LogP contribution in [0, 0.1) is 6.92 Å². The Morgan fingerprint density at radius 2 is 1.61 bits per heavy atom. The van der Waals surface area contributed by atoms with Crippen molar-refractivity contribution in [3.05, 3.63) is 48.0 Å². The van der Waals surface area contributed by atoms with Crippen LogP contribution in [0.2, 0.25) is 0 Å². The molecule has 0 bridgehead atoms. The van der Waals surface area contributed by atoms with E-state index in [4.69, 9.17) is 9.47 Å². The van der Waals surface area contributed by atoms with Crippen LogP contribution in [0.1, 0.15) is 12.5 Å². The van der Waals surface area contributed by atoms with Crippen LogP contribution >= 0.6 is 11.8 Å². The highest BCUT2D eigenvalue weighted by Gasteiger charge is 2.15. The SMILES string of the molecule is COc1cc(NC(=O)[C@H](C)Sc2ccc(C)cc2)cc(OC)c1. The first-order valence-electron chi connectivity index (χ1n) is 7.29. The van der Waals surface area contributed by atoms with Crippen LogP contribution in [0.25, 0.3) is 0 Å². The fourth-order valence-corrected chi connectivity index (χ4v) is 2.87. The zero-order valence-corrected chi connectivity index (χ0v) is 14.6. The molecule has 0 saturated heterocycles. The molecule has 1 atom stereocenters. The second kappa shape index (κ2) is 7.92. The van der Waals surface area contributed by atoms with Gasteiger partial charge in [0.2, 0.25) is 5.91 Å². The number of hydrogen-bond acceptors (Lipinski definition) is 4. The molecule has 2 aromatic carbocycles. The van der Waals surface area contributed by atoms with Gasteiger partial charge in [0.1, 0.15) is 11.5 Å². The number of ether oxygens (including phenoxy) is 2. The molecule has 0 aromatic heterocycles. The number of anilines is 1. The summed E-state index contributed by atoms with van der Waals surface area (Å²) in [4.78, 5) is 13.4. The van der Waals surface area contributed by atoms with Gasteiger partial charge in [-0.1, -0.05) is 17.7 Å². The van der Waals surface area contributed by atoms with E-state index in [1.165, 1.54) is 17.3 Å². The Balaban J connectivity index is 2.04. The second-order valence-corrected chi connectivity index (χ2v) is 6.58. The maximum Gasteiger partial charge on any atom is 0.237 e. The van der Waals surface area contributed by atoms with Crippen LogP contribution in [0.5, 0.6) is 11.5 Å². The molecule has 0 unspecified atom stereocenters. The van der Waals surface area contributed by atoms with Crippen molar-refractivity contribution in [3.63, 3.8) is 0 Å². The molecule has 1 amide bonds. The summed E-state index contributed by atoms with van der Waals surface area (Å²) >= 11 is 1.52. The molecule has 0 aliphatic carbocycles. The lowest BCUT2D eigenvalue weighted by atomic mass is 10.2. The quantitative estimate of drug-likeness (QED) is 0.809. The number of rotatable bonds is 6. The van der Waals surface area contributed by atoms with Gasteiger partial charge in [0.25, 0.3) is 0 Å². The Hall–Kier alpha value is -2.14. The van der Waals surface area contributed by atoms with Crippen LogP contribution in [0.15, 0.2) is 47.4 Å². The number of hydrogen-bond donors (Lipinski definition) is 1. The van der Waals surface area contributed by atoms with Crippen LogP contribution < -0.4 is 14.8 Å². The average molecular weight is 331 g/mol. The number of carbonyl (C=O) groups excluding carboxylic acids is 1. The first kappa shape index (κ1) is 17.2. The highest BCUT2D eigenvalue weighted by molar-refractivity contribution is 8.00. The molecule has 0 aliphatic heterocycles. The molecule has 2 aromatic rings. The van der Waals surface area contributed by atoms with E-state index in [2.05, 4.69) is 5.32 Å². The van der Waals surface area contributed by atoms with Gasteiger partial charge in [0.15, 0.2) is 0 Å². The van der Waals surface area contributed by atoms with Gasteiger partial charge in [0, 0.05) is 28.8 Å². The molecule has 0 radical (unpaired) electrons. The number of thioether (sulfide) groups is 1. The van der Waals surface area contributed by atoms with Crippen molar-refractivity contribution in [1.29, 1.82) is 0 Å². The van der Waals surface area contributed by atoms with Crippen LogP contribution in [-0.2, 0) is 4.79 Å². The third-order valence-electron chi connectivity index (χ3n) is 3.32. The summed E-state index contributed by atoms with van der Waals surface area (Å²) in [6, 6.07) is 13.4. The van der Waals surface area contributed by atoms with Gasteiger partial charge in [-0.25, -0.2) is 0 Å². The van der Waals surface area contributed by atoms with Crippen molar-refractivity contribution in [3.8, 4) is 11.5 Å². The van der Waals surface area contributed by atoms with Crippen LogP contribution in [-0.4, -0.2) is 25.4 Å². The molecular weight excluding hydrogens is 310 g/mol. The van der Waals surface area contributed by atoms with Crippen molar-refractivity contribution >= 4 is 23.4 Å². The molecule has 23 heavy (non-hydrogen) atoms. The third kappa shape index (κ3) is 4.93. The molecule has 122 valence electrons. The normalized spacial score (nSPS) is 11.7. The van der Waals surface area contributed by atoms with Gasteiger partial charge >= 0.3 is 0 Å².